The van der Waals surface area contributed by atoms with Gasteiger partial charge in [0, 0.05) is 0 Å². The van der Waals surface area contributed by atoms with Gasteiger partial charge >= 0.3 is 5.88 Å². The molecule has 0 fully saturated rings. The Labute approximate surface area is 102 Å². The summed E-state index contributed by atoms with van der Waals surface area (Å²) < 4.78 is 4.82. The molecule has 0 saturated carbocycles. The van der Waals surface area contributed by atoms with Gasteiger partial charge in [-0.3, -0.25) is 15.5 Å². The number of allylic oxidation sites excluding steroid dienone is 5. The van der Waals surface area contributed by atoms with Gasteiger partial charge in [0.25, 0.3) is 0 Å². The van der Waals surface area contributed by atoms with Crippen molar-refractivity contribution in [3.05, 3.63) is 63.8 Å². The van der Waals surface area contributed by atoms with Gasteiger partial charge in [0.15, 0.2) is 5.76 Å². The van der Waals surface area contributed by atoms with Gasteiger partial charge < -0.3 is 9.52 Å². The monoisotopic (exact) mass is 246 g/mol. The number of hydrazone groups is 1. The average Bonchev–Trinajstić information content (AvgIpc) is 3.00. The van der Waals surface area contributed by atoms with Gasteiger partial charge in [-0.05, 0) is 17.5 Å². The molecule has 7 nitrogen and oxygen atoms in total. The summed E-state index contributed by atoms with van der Waals surface area (Å²) in [5, 5.41) is 25.4. The van der Waals surface area contributed by atoms with E-state index in [0.29, 0.717) is 5.57 Å². The number of nitrogens with one attached hydrogen (secondary N) is 1. The molecule has 0 aliphatic heterocycles. The highest BCUT2D eigenvalue weighted by molar-refractivity contribution is 5.76. The van der Waals surface area contributed by atoms with Gasteiger partial charge in [0.1, 0.15) is 4.92 Å². The van der Waals surface area contributed by atoms with Gasteiger partial charge in [-0.25, -0.2) is 0 Å². The van der Waals surface area contributed by atoms with E-state index in [1.165, 1.54) is 18.3 Å². The molecule has 0 atom stereocenters. The summed E-state index contributed by atoms with van der Waals surface area (Å²) in [4.78, 5) is 9.70. The first-order valence-corrected chi connectivity index (χ1v) is 4.96. The fourth-order valence-corrected chi connectivity index (χ4v) is 1.25. The minimum absolute atomic E-state index is 0.185. The first kappa shape index (κ1) is 11.6. The first-order valence-electron chi connectivity index (χ1n) is 4.96. The molecule has 1 aliphatic carbocycles. The molecule has 18 heavy (non-hydrogen) atoms. The predicted octanol–water partition coefficient (Wildman–Crippen LogP) is 0.809. The van der Waals surface area contributed by atoms with E-state index < -0.39 is 4.92 Å². The van der Waals surface area contributed by atoms with Crippen molar-refractivity contribution >= 4 is 12.1 Å². The summed E-state index contributed by atoms with van der Waals surface area (Å²) in [6.45, 7) is 0. The molecule has 1 aromatic heterocycles. The molecule has 0 spiro atoms. The van der Waals surface area contributed by atoms with Crippen LogP contribution in [0.5, 0.6) is 0 Å². The summed E-state index contributed by atoms with van der Waals surface area (Å²) in [5.41, 5.74) is 2.76. The van der Waals surface area contributed by atoms with Crippen molar-refractivity contribution in [1.29, 1.82) is 0 Å². The highest BCUT2D eigenvalue weighted by atomic mass is 16.6. The molecule has 92 valence electrons. The molecule has 1 heterocycles. The Balaban J connectivity index is 1.99. The third-order valence-electron chi connectivity index (χ3n) is 2.08. The Bertz CT molecular complexity index is 567. The number of furan rings is 1. The lowest BCUT2D eigenvalue weighted by Crippen LogP contribution is -2.20. The molecule has 2 rings (SSSR count). The van der Waals surface area contributed by atoms with E-state index in [9.17, 15) is 15.2 Å². The Morgan fingerprint density at radius 1 is 1.39 bits per heavy atom. The van der Waals surface area contributed by atoms with Crippen molar-refractivity contribution in [1.82, 2.24) is 5.43 Å². The van der Waals surface area contributed by atoms with E-state index in [0.717, 1.165) is 0 Å². The molecule has 0 aromatic carbocycles. The Morgan fingerprint density at radius 2 is 2.11 bits per heavy atom. The zero-order chi connectivity index (χ0) is 13.0. The van der Waals surface area contributed by atoms with Crippen LogP contribution in [0.25, 0.3) is 0 Å². The van der Waals surface area contributed by atoms with Crippen LogP contribution in [0, 0.1) is 10.1 Å². The zero-order valence-corrected chi connectivity index (χ0v) is 9.07. The van der Waals surface area contributed by atoms with E-state index in [4.69, 9.17) is 4.42 Å². The number of hydrogen-bond acceptors (Lipinski definition) is 6. The molecule has 1 aromatic rings. The number of nitro groups is 1. The van der Waals surface area contributed by atoms with Gasteiger partial charge in [0.05, 0.1) is 12.3 Å². The maximum absolute atomic E-state index is 11.4. The molecular formula is C11H8N3O4-. The normalized spacial score (nSPS) is 13.4. The van der Waals surface area contributed by atoms with Crippen LogP contribution in [-0.4, -0.2) is 11.1 Å². The number of rotatable bonds is 4. The predicted molar refractivity (Wildman–Crippen MR) is 61.4 cm³/mol. The van der Waals surface area contributed by atoms with Crippen molar-refractivity contribution in [3.8, 4) is 0 Å². The third kappa shape index (κ3) is 2.64. The molecule has 0 radical (unpaired) electrons. The van der Waals surface area contributed by atoms with E-state index in [1.54, 1.807) is 24.3 Å². The summed E-state index contributed by atoms with van der Waals surface area (Å²) >= 11 is 0. The highest BCUT2D eigenvalue weighted by Crippen LogP contribution is 2.13. The van der Waals surface area contributed by atoms with Crippen LogP contribution in [0.2, 0.25) is 0 Å². The summed E-state index contributed by atoms with van der Waals surface area (Å²) in [7, 11) is 0. The lowest BCUT2D eigenvalue weighted by molar-refractivity contribution is -0.402. The molecule has 7 heteroatoms. The smallest absolute Gasteiger partial charge is 0.433 e. The van der Waals surface area contributed by atoms with Crippen LogP contribution >= 0.6 is 0 Å². The zero-order valence-electron chi connectivity index (χ0n) is 9.07. The van der Waals surface area contributed by atoms with Crippen LogP contribution in [0.1, 0.15) is 5.76 Å². The molecule has 0 unspecified atom stereocenters. The van der Waals surface area contributed by atoms with E-state index in [2.05, 4.69) is 10.5 Å². The second-order valence-corrected chi connectivity index (χ2v) is 3.31. The quantitative estimate of drug-likeness (QED) is 0.366. The largest absolute Gasteiger partial charge is 0.859 e. The van der Waals surface area contributed by atoms with Crippen molar-refractivity contribution in [2.24, 2.45) is 5.10 Å². The van der Waals surface area contributed by atoms with Crippen LogP contribution < -0.4 is 10.5 Å². The molecule has 0 amide bonds. The maximum Gasteiger partial charge on any atom is 0.433 e. The van der Waals surface area contributed by atoms with Gasteiger partial charge in [0.2, 0.25) is 0 Å². The first-order chi connectivity index (χ1) is 8.66. The fourth-order valence-electron chi connectivity index (χ4n) is 1.25. The maximum atomic E-state index is 11.4. The molecule has 0 saturated heterocycles. The van der Waals surface area contributed by atoms with Crippen molar-refractivity contribution in [2.45, 2.75) is 0 Å². The average molecular weight is 246 g/mol. The second-order valence-electron chi connectivity index (χ2n) is 3.31. The van der Waals surface area contributed by atoms with E-state index in [1.807, 2.05) is 0 Å². The molecule has 1 N–H and O–H groups in total. The van der Waals surface area contributed by atoms with Crippen molar-refractivity contribution < 1.29 is 14.4 Å². The number of hydrogen-bond donors (Lipinski definition) is 1. The Kier molecular flexibility index (Phi) is 3.24. The summed E-state index contributed by atoms with van der Waals surface area (Å²) in [6.07, 6.45) is 7.93. The van der Waals surface area contributed by atoms with Crippen molar-refractivity contribution in [2.75, 3.05) is 0 Å². The SMILES string of the molecule is O=[N+]([O-])c1ccc(/C=N/NC([O-])=C2C=CC=C2)o1. The highest BCUT2D eigenvalue weighted by Gasteiger charge is 2.09. The summed E-state index contributed by atoms with van der Waals surface area (Å²) in [6, 6.07) is 2.59. The van der Waals surface area contributed by atoms with Gasteiger partial charge in [-0.2, -0.15) is 5.10 Å². The van der Waals surface area contributed by atoms with Crippen LogP contribution in [0.3, 0.4) is 0 Å². The van der Waals surface area contributed by atoms with Crippen molar-refractivity contribution in [3.63, 3.8) is 0 Å². The molecule has 0 bridgehead atoms. The molecule has 1 aliphatic rings. The second kappa shape index (κ2) is 5.00. The minimum atomic E-state index is -0.653. The Hall–Kier alpha value is -2.83. The van der Waals surface area contributed by atoms with E-state index >= 15 is 0 Å². The van der Waals surface area contributed by atoms with Crippen LogP contribution in [-0.2, 0) is 0 Å². The number of nitrogens with zero attached hydrogens (tertiary/aromatic N) is 2. The van der Waals surface area contributed by atoms with Gasteiger partial charge in [-0.15, -0.1) is 0 Å². The standard InChI is InChI=1S/C11H9N3O4/c15-11(8-3-1-2-4-8)13-12-7-9-5-6-10(18-9)14(16)17/h1-7,13,15H/p-1/b12-7+. The van der Waals surface area contributed by atoms with Crippen LogP contribution in [0.15, 0.2) is 57.4 Å². The third-order valence-corrected chi connectivity index (χ3v) is 2.08. The Morgan fingerprint density at radius 3 is 2.72 bits per heavy atom. The molecular weight excluding hydrogens is 238 g/mol. The minimum Gasteiger partial charge on any atom is -0.859 e. The van der Waals surface area contributed by atoms with Gasteiger partial charge in [-0.1, -0.05) is 24.3 Å². The van der Waals surface area contributed by atoms with Crippen LogP contribution in [0.4, 0.5) is 5.88 Å². The van der Waals surface area contributed by atoms with E-state index in [-0.39, 0.29) is 17.5 Å². The fraction of sp³-hybridized carbons (Fsp3) is 0. The lowest BCUT2D eigenvalue weighted by Gasteiger charge is -2.12. The lowest BCUT2D eigenvalue weighted by atomic mass is 10.3. The topological polar surface area (TPSA) is 104 Å². The summed E-state index contributed by atoms with van der Waals surface area (Å²) in [5.74, 6) is -0.555.